The first-order valence-electron chi connectivity index (χ1n) is 6.05. The van der Waals surface area contributed by atoms with E-state index in [0.29, 0.717) is 21.4 Å². The number of hydrogen-bond acceptors (Lipinski definition) is 3. The van der Waals surface area contributed by atoms with Crippen LogP contribution in [-0.4, -0.2) is 22.5 Å². The molecule has 7 heteroatoms. The number of rotatable bonds is 4. The van der Waals surface area contributed by atoms with Gasteiger partial charge in [-0.05, 0) is 36.4 Å². The molecular weight excluding hydrogens is 331 g/mol. The monoisotopic (exact) mass is 344 g/mol. The van der Waals surface area contributed by atoms with E-state index in [1.807, 2.05) is 14.1 Å². The predicted molar refractivity (Wildman–Crippen MR) is 88.0 cm³/mol. The van der Waals surface area contributed by atoms with Crippen LogP contribution in [0.15, 0.2) is 47.4 Å². The van der Waals surface area contributed by atoms with Crippen molar-refractivity contribution in [2.75, 3.05) is 23.7 Å². The van der Waals surface area contributed by atoms with E-state index >= 15 is 0 Å². The van der Waals surface area contributed by atoms with Crippen LogP contribution < -0.4 is 9.62 Å². The molecule has 4 nitrogen and oxygen atoms in total. The summed E-state index contributed by atoms with van der Waals surface area (Å²) in [6.07, 6.45) is 0. The molecule has 0 fully saturated rings. The molecule has 0 bridgehead atoms. The average Bonchev–Trinajstić information content (AvgIpc) is 2.38. The van der Waals surface area contributed by atoms with E-state index in [4.69, 9.17) is 23.2 Å². The molecule has 21 heavy (non-hydrogen) atoms. The third-order valence-corrected chi connectivity index (χ3v) is 4.62. The van der Waals surface area contributed by atoms with Gasteiger partial charge in [0.05, 0.1) is 16.3 Å². The fraction of sp³-hybridized carbons (Fsp3) is 0.143. The molecule has 112 valence electrons. The van der Waals surface area contributed by atoms with Crippen molar-refractivity contribution in [2.24, 2.45) is 0 Å². The smallest absolute Gasteiger partial charge is 0.262 e. The molecule has 0 saturated carbocycles. The van der Waals surface area contributed by atoms with E-state index in [0.717, 1.165) is 0 Å². The molecule has 2 aromatic carbocycles. The highest BCUT2D eigenvalue weighted by Crippen LogP contribution is 2.30. The summed E-state index contributed by atoms with van der Waals surface area (Å²) in [5, 5.41) is 0.807. The summed E-state index contributed by atoms with van der Waals surface area (Å²) in [5.41, 5.74) is 1.12. The lowest BCUT2D eigenvalue weighted by molar-refractivity contribution is 0.601. The van der Waals surface area contributed by atoms with Crippen LogP contribution >= 0.6 is 23.2 Å². The van der Waals surface area contributed by atoms with Gasteiger partial charge in [0.1, 0.15) is 0 Å². The second-order valence-electron chi connectivity index (χ2n) is 4.62. The SMILES string of the molecule is CN(C)c1ccc(Cl)cc1NS(=O)(=O)c1cccc(Cl)c1. The Labute approximate surface area is 134 Å². The molecule has 2 rings (SSSR count). The lowest BCUT2D eigenvalue weighted by Crippen LogP contribution is -2.17. The van der Waals surface area contributed by atoms with Gasteiger partial charge in [0.15, 0.2) is 0 Å². The van der Waals surface area contributed by atoms with Gasteiger partial charge in [0.2, 0.25) is 0 Å². The van der Waals surface area contributed by atoms with Crippen LogP contribution in [0.2, 0.25) is 10.0 Å². The first-order valence-corrected chi connectivity index (χ1v) is 8.29. The minimum absolute atomic E-state index is 0.0969. The molecule has 0 heterocycles. The van der Waals surface area contributed by atoms with Gasteiger partial charge >= 0.3 is 0 Å². The van der Waals surface area contributed by atoms with Crippen molar-refractivity contribution in [3.8, 4) is 0 Å². The number of hydrogen-bond donors (Lipinski definition) is 1. The molecular formula is C14H14Cl2N2O2S. The minimum atomic E-state index is -3.73. The van der Waals surface area contributed by atoms with Gasteiger partial charge in [-0.25, -0.2) is 8.42 Å². The summed E-state index contributed by atoms with van der Waals surface area (Å²) in [4.78, 5) is 1.89. The maximum Gasteiger partial charge on any atom is 0.262 e. The second-order valence-corrected chi connectivity index (χ2v) is 7.17. The van der Waals surface area contributed by atoms with Crippen molar-refractivity contribution < 1.29 is 8.42 Å². The first-order chi connectivity index (χ1) is 9.79. The summed E-state index contributed by atoms with van der Waals surface area (Å²) in [5.74, 6) is 0. The molecule has 0 saturated heterocycles. The zero-order valence-electron chi connectivity index (χ0n) is 11.5. The Balaban J connectivity index is 2.44. The molecule has 0 aromatic heterocycles. The summed E-state index contributed by atoms with van der Waals surface area (Å²) in [7, 11) is -0.0886. The fourth-order valence-corrected chi connectivity index (χ4v) is 3.36. The van der Waals surface area contributed by atoms with E-state index in [9.17, 15) is 8.42 Å². The van der Waals surface area contributed by atoms with Gasteiger partial charge in [-0.15, -0.1) is 0 Å². The van der Waals surface area contributed by atoms with Crippen LogP contribution in [0.25, 0.3) is 0 Å². The molecule has 0 radical (unpaired) electrons. The topological polar surface area (TPSA) is 49.4 Å². The van der Waals surface area contributed by atoms with Gasteiger partial charge in [-0.2, -0.15) is 0 Å². The Kier molecular flexibility index (Phi) is 4.66. The number of benzene rings is 2. The second kappa shape index (κ2) is 6.13. The van der Waals surface area contributed by atoms with E-state index < -0.39 is 10.0 Å². The third kappa shape index (κ3) is 3.81. The fourth-order valence-electron chi connectivity index (χ4n) is 1.82. The molecule has 0 aliphatic heterocycles. The van der Waals surface area contributed by atoms with E-state index in [2.05, 4.69) is 4.72 Å². The van der Waals surface area contributed by atoms with Crippen LogP contribution in [0, 0.1) is 0 Å². The molecule has 1 N–H and O–H groups in total. The van der Waals surface area contributed by atoms with Crippen LogP contribution in [0.4, 0.5) is 11.4 Å². The molecule has 0 atom stereocenters. The maximum absolute atomic E-state index is 12.4. The van der Waals surface area contributed by atoms with Crippen molar-refractivity contribution in [3.05, 3.63) is 52.5 Å². The van der Waals surface area contributed by atoms with Crippen LogP contribution in [0.5, 0.6) is 0 Å². The Morgan fingerprint density at radius 3 is 2.29 bits per heavy atom. The lowest BCUT2D eigenvalue weighted by atomic mass is 10.2. The minimum Gasteiger partial charge on any atom is -0.376 e. The summed E-state index contributed by atoms with van der Waals surface area (Å²) < 4.78 is 27.4. The van der Waals surface area contributed by atoms with Crippen LogP contribution in [0.1, 0.15) is 0 Å². The van der Waals surface area contributed by atoms with E-state index in [1.165, 1.54) is 12.1 Å². The number of anilines is 2. The molecule has 0 aliphatic rings. The summed E-state index contributed by atoms with van der Waals surface area (Å²) in [6, 6.07) is 11.1. The standard InChI is InChI=1S/C14H14Cl2N2O2S/c1-18(2)14-7-6-11(16)9-13(14)17-21(19,20)12-5-3-4-10(15)8-12/h3-9,17H,1-2H3. The third-order valence-electron chi connectivity index (χ3n) is 2.79. The zero-order valence-corrected chi connectivity index (χ0v) is 13.8. The quantitative estimate of drug-likeness (QED) is 0.915. The van der Waals surface area contributed by atoms with Crippen molar-refractivity contribution in [1.82, 2.24) is 0 Å². The number of halogens is 2. The maximum atomic E-state index is 12.4. The Bertz CT molecular complexity index is 761. The van der Waals surface area contributed by atoms with Gasteiger partial charge in [0.25, 0.3) is 10.0 Å². The van der Waals surface area contributed by atoms with Crippen molar-refractivity contribution in [2.45, 2.75) is 4.90 Å². The molecule has 0 amide bonds. The van der Waals surface area contributed by atoms with E-state index in [1.54, 1.807) is 35.2 Å². The van der Waals surface area contributed by atoms with E-state index in [-0.39, 0.29) is 4.90 Å². The molecule has 0 unspecified atom stereocenters. The van der Waals surface area contributed by atoms with Crippen molar-refractivity contribution >= 4 is 44.6 Å². The largest absolute Gasteiger partial charge is 0.376 e. The van der Waals surface area contributed by atoms with Gasteiger partial charge < -0.3 is 4.90 Å². The normalized spacial score (nSPS) is 11.2. The lowest BCUT2D eigenvalue weighted by Gasteiger charge is -2.19. The van der Waals surface area contributed by atoms with Crippen molar-refractivity contribution in [1.29, 1.82) is 0 Å². The van der Waals surface area contributed by atoms with Gasteiger partial charge in [-0.3, -0.25) is 4.72 Å². The average molecular weight is 345 g/mol. The Hall–Kier alpha value is -1.43. The number of nitrogens with zero attached hydrogens (tertiary/aromatic N) is 1. The van der Waals surface area contributed by atoms with Crippen LogP contribution in [0.3, 0.4) is 0 Å². The van der Waals surface area contributed by atoms with Crippen LogP contribution in [-0.2, 0) is 10.0 Å². The summed E-state index contributed by atoms with van der Waals surface area (Å²) >= 11 is 11.8. The molecule has 0 aliphatic carbocycles. The molecule has 2 aromatic rings. The molecule has 0 spiro atoms. The Morgan fingerprint density at radius 2 is 1.67 bits per heavy atom. The predicted octanol–water partition coefficient (Wildman–Crippen LogP) is 3.86. The highest BCUT2D eigenvalue weighted by atomic mass is 35.5. The van der Waals surface area contributed by atoms with Crippen molar-refractivity contribution in [3.63, 3.8) is 0 Å². The number of sulfonamides is 1. The highest BCUT2D eigenvalue weighted by molar-refractivity contribution is 7.92. The first kappa shape index (κ1) is 15.9. The number of nitrogens with one attached hydrogen (secondary N) is 1. The van der Waals surface area contributed by atoms with Gasteiger partial charge in [-0.1, -0.05) is 29.3 Å². The Morgan fingerprint density at radius 1 is 1.00 bits per heavy atom. The summed E-state index contributed by atoms with van der Waals surface area (Å²) in [6.45, 7) is 0. The highest BCUT2D eigenvalue weighted by Gasteiger charge is 2.17. The van der Waals surface area contributed by atoms with Gasteiger partial charge in [0, 0.05) is 24.1 Å². The zero-order chi connectivity index (χ0) is 15.6.